The topological polar surface area (TPSA) is 55.6 Å². The lowest BCUT2D eigenvalue weighted by molar-refractivity contribution is -0.128. The predicted octanol–water partition coefficient (Wildman–Crippen LogP) is 2.05. The average molecular weight is 271 g/mol. The van der Waals surface area contributed by atoms with Gasteiger partial charge in [0.1, 0.15) is 5.75 Å². The molecule has 18 heavy (non-hydrogen) atoms. The van der Waals surface area contributed by atoms with Crippen LogP contribution in [0.4, 0.5) is 0 Å². The van der Waals surface area contributed by atoms with Crippen molar-refractivity contribution in [3.8, 4) is 5.75 Å². The van der Waals surface area contributed by atoms with Gasteiger partial charge in [0.2, 0.25) is 5.91 Å². The third-order valence-electron chi connectivity index (χ3n) is 2.54. The highest BCUT2D eigenvalue weighted by Crippen LogP contribution is 2.23. The van der Waals surface area contributed by atoms with E-state index in [1.165, 1.54) is 0 Å². The monoisotopic (exact) mass is 270 g/mol. The maximum Gasteiger partial charge on any atom is 0.222 e. The van der Waals surface area contributed by atoms with E-state index in [-0.39, 0.29) is 5.91 Å². The molecule has 1 rings (SSSR count). The third-order valence-corrected chi connectivity index (χ3v) is 2.78. The van der Waals surface area contributed by atoms with Crippen LogP contribution in [0.2, 0.25) is 5.02 Å². The van der Waals surface area contributed by atoms with Gasteiger partial charge in [0.25, 0.3) is 0 Å². The fraction of sp³-hybridized carbons (Fsp3) is 0.462. The van der Waals surface area contributed by atoms with E-state index in [9.17, 15) is 4.79 Å². The van der Waals surface area contributed by atoms with E-state index in [1.54, 1.807) is 31.1 Å². The Balaban J connectivity index is 2.44. The maximum absolute atomic E-state index is 11.4. The number of hydrogen-bond donors (Lipinski definition) is 1. The normalized spacial score (nSPS) is 10.2. The average Bonchev–Trinajstić information content (AvgIpc) is 2.34. The summed E-state index contributed by atoms with van der Waals surface area (Å²) in [5, 5.41) is 0.617. The van der Waals surface area contributed by atoms with Crippen LogP contribution in [0.1, 0.15) is 18.4 Å². The van der Waals surface area contributed by atoms with Crippen molar-refractivity contribution in [3.05, 3.63) is 28.8 Å². The Kier molecular flexibility index (Phi) is 5.95. The van der Waals surface area contributed by atoms with Gasteiger partial charge in [0, 0.05) is 37.6 Å². The van der Waals surface area contributed by atoms with Crippen LogP contribution in [0.15, 0.2) is 18.2 Å². The Morgan fingerprint density at radius 1 is 1.44 bits per heavy atom. The van der Waals surface area contributed by atoms with Gasteiger partial charge in [-0.3, -0.25) is 4.79 Å². The lowest BCUT2D eigenvalue weighted by Crippen LogP contribution is -2.21. The van der Waals surface area contributed by atoms with Crippen molar-refractivity contribution in [3.63, 3.8) is 0 Å². The van der Waals surface area contributed by atoms with E-state index in [1.807, 2.05) is 6.07 Å². The van der Waals surface area contributed by atoms with Gasteiger partial charge in [0.05, 0.1) is 6.61 Å². The fourth-order valence-electron chi connectivity index (χ4n) is 1.46. The molecule has 100 valence electrons. The van der Waals surface area contributed by atoms with E-state index in [4.69, 9.17) is 22.1 Å². The molecule has 0 spiro atoms. The first-order chi connectivity index (χ1) is 8.54. The van der Waals surface area contributed by atoms with E-state index in [0.29, 0.717) is 36.8 Å². The molecular formula is C13H19ClN2O2. The Hall–Kier alpha value is -1.26. The molecule has 0 aromatic heterocycles. The summed E-state index contributed by atoms with van der Waals surface area (Å²) < 4.78 is 5.60. The zero-order valence-corrected chi connectivity index (χ0v) is 11.5. The molecule has 0 saturated carbocycles. The Morgan fingerprint density at radius 3 is 2.78 bits per heavy atom. The van der Waals surface area contributed by atoms with Crippen LogP contribution < -0.4 is 10.5 Å². The first-order valence-electron chi connectivity index (χ1n) is 5.86. The van der Waals surface area contributed by atoms with Crippen molar-refractivity contribution in [2.24, 2.45) is 5.73 Å². The second kappa shape index (κ2) is 7.24. The van der Waals surface area contributed by atoms with Gasteiger partial charge in [-0.1, -0.05) is 17.7 Å². The van der Waals surface area contributed by atoms with Crippen LogP contribution in [-0.2, 0) is 11.3 Å². The molecule has 4 nitrogen and oxygen atoms in total. The summed E-state index contributed by atoms with van der Waals surface area (Å²) in [5.74, 6) is 0.797. The summed E-state index contributed by atoms with van der Waals surface area (Å²) in [6, 6.07) is 5.38. The van der Waals surface area contributed by atoms with Crippen molar-refractivity contribution in [1.29, 1.82) is 0 Å². The number of amides is 1. The molecule has 0 aliphatic carbocycles. The van der Waals surface area contributed by atoms with Crippen LogP contribution in [0.5, 0.6) is 5.75 Å². The first kappa shape index (κ1) is 14.8. The summed E-state index contributed by atoms with van der Waals surface area (Å²) in [7, 11) is 3.49. The second-order valence-electron chi connectivity index (χ2n) is 4.20. The Labute approximate surface area is 113 Å². The number of benzene rings is 1. The van der Waals surface area contributed by atoms with Gasteiger partial charge in [-0.15, -0.1) is 0 Å². The minimum absolute atomic E-state index is 0.101. The number of rotatable bonds is 6. The van der Waals surface area contributed by atoms with Crippen LogP contribution in [-0.4, -0.2) is 31.5 Å². The highest BCUT2D eigenvalue weighted by Gasteiger charge is 2.06. The van der Waals surface area contributed by atoms with Crippen LogP contribution in [0.3, 0.4) is 0 Å². The number of carbonyl (C=O) groups is 1. The Bertz CT molecular complexity index is 408. The van der Waals surface area contributed by atoms with Gasteiger partial charge in [-0.05, 0) is 18.6 Å². The number of ether oxygens (including phenoxy) is 1. The number of nitrogens with zero attached hydrogens (tertiary/aromatic N) is 1. The Morgan fingerprint density at radius 2 is 2.17 bits per heavy atom. The summed E-state index contributed by atoms with van der Waals surface area (Å²) in [5.41, 5.74) is 6.52. The lowest BCUT2D eigenvalue weighted by Gasteiger charge is -2.12. The predicted molar refractivity (Wildman–Crippen MR) is 72.8 cm³/mol. The molecule has 1 aromatic carbocycles. The van der Waals surface area contributed by atoms with Crippen molar-refractivity contribution in [2.75, 3.05) is 20.7 Å². The molecule has 0 aliphatic heterocycles. The quantitative estimate of drug-likeness (QED) is 0.805. The molecule has 0 bridgehead atoms. The zero-order valence-electron chi connectivity index (χ0n) is 10.8. The number of carbonyl (C=O) groups excluding carboxylic acids is 1. The lowest BCUT2D eigenvalue weighted by atomic mass is 10.2. The van der Waals surface area contributed by atoms with Gasteiger partial charge < -0.3 is 15.4 Å². The molecule has 0 atom stereocenters. The number of hydrogen-bond acceptors (Lipinski definition) is 3. The van der Waals surface area contributed by atoms with E-state index in [2.05, 4.69) is 0 Å². The fourth-order valence-corrected chi connectivity index (χ4v) is 1.62. The molecule has 0 unspecified atom stereocenters. The smallest absolute Gasteiger partial charge is 0.222 e. The van der Waals surface area contributed by atoms with Gasteiger partial charge in [0.15, 0.2) is 0 Å². The van der Waals surface area contributed by atoms with Crippen LogP contribution in [0, 0.1) is 0 Å². The summed E-state index contributed by atoms with van der Waals surface area (Å²) in [6.45, 7) is 0.885. The highest BCUT2D eigenvalue weighted by atomic mass is 35.5. The molecule has 5 heteroatoms. The minimum atomic E-state index is 0.101. The summed E-state index contributed by atoms with van der Waals surface area (Å²) in [6.07, 6.45) is 1.15. The maximum atomic E-state index is 11.4. The number of nitrogens with two attached hydrogens (primary N) is 1. The molecule has 0 aliphatic rings. The minimum Gasteiger partial charge on any atom is -0.493 e. The van der Waals surface area contributed by atoms with Crippen LogP contribution in [0.25, 0.3) is 0 Å². The first-order valence-corrected chi connectivity index (χ1v) is 6.24. The molecule has 0 saturated heterocycles. The second-order valence-corrected chi connectivity index (χ2v) is 4.63. The van der Waals surface area contributed by atoms with Gasteiger partial charge in [-0.2, -0.15) is 0 Å². The van der Waals surface area contributed by atoms with E-state index in [0.717, 1.165) is 5.56 Å². The van der Waals surface area contributed by atoms with Gasteiger partial charge in [-0.25, -0.2) is 0 Å². The highest BCUT2D eigenvalue weighted by molar-refractivity contribution is 6.30. The van der Waals surface area contributed by atoms with Gasteiger partial charge >= 0.3 is 0 Å². The standard InChI is InChI=1S/C13H19ClN2O2/c1-16(2)13(17)4-3-7-18-12-8-11(14)6-5-10(12)9-15/h5-6,8H,3-4,7,9,15H2,1-2H3. The number of halogens is 1. The molecule has 0 heterocycles. The summed E-state index contributed by atoms with van der Waals surface area (Å²) in [4.78, 5) is 12.9. The molecule has 1 aromatic rings. The van der Waals surface area contributed by atoms with Crippen molar-refractivity contribution < 1.29 is 9.53 Å². The van der Waals surface area contributed by atoms with Crippen molar-refractivity contribution in [2.45, 2.75) is 19.4 Å². The molecule has 0 radical (unpaired) electrons. The molecule has 2 N–H and O–H groups in total. The molecule has 0 fully saturated rings. The SMILES string of the molecule is CN(C)C(=O)CCCOc1cc(Cl)ccc1CN. The molecule has 1 amide bonds. The summed E-state index contributed by atoms with van der Waals surface area (Å²) >= 11 is 5.90. The van der Waals surface area contributed by atoms with Crippen molar-refractivity contribution in [1.82, 2.24) is 4.90 Å². The van der Waals surface area contributed by atoms with E-state index < -0.39 is 0 Å². The third kappa shape index (κ3) is 4.55. The van der Waals surface area contributed by atoms with E-state index >= 15 is 0 Å². The van der Waals surface area contributed by atoms with Crippen LogP contribution >= 0.6 is 11.6 Å². The largest absolute Gasteiger partial charge is 0.493 e. The molecular weight excluding hydrogens is 252 g/mol. The van der Waals surface area contributed by atoms with Crippen molar-refractivity contribution >= 4 is 17.5 Å². The zero-order chi connectivity index (χ0) is 13.5.